The normalized spacial score (nSPS) is 15.1. The van der Waals surface area contributed by atoms with Crippen LogP contribution < -0.4 is 5.32 Å². The Morgan fingerprint density at radius 1 is 1.38 bits per heavy atom. The van der Waals surface area contributed by atoms with Gasteiger partial charge in [-0.25, -0.2) is 4.79 Å². The number of aromatic nitrogens is 1. The molecule has 0 aromatic carbocycles. The highest BCUT2D eigenvalue weighted by atomic mass is 16.6. The maximum Gasteiger partial charge on any atom is 0.409 e. The van der Waals surface area contributed by atoms with Gasteiger partial charge in [-0.1, -0.05) is 19.4 Å². The number of piperidine rings is 1. The van der Waals surface area contributed by atoms with Crippen molar-refractivity contribution in [3.63, 3.8) is 0 Å². The molecular weight excluding hydrogens is 306 g/mol. The van der Waals surface area contributed by atoms with Crippen LogP contribution in [0.5, 0.6) is 0 Å². The number of nitrogens with one attached hydrogen (secondary N) is 1. The largest absolute Gasteiger partial charge is 0.449 e. The monoisotopic (exact) mass is 333 g/mol. The van der Waals surface area contributed by atoms with Crippen LogP contribution in [0, 0.1) is 5.92 Å². The molecule has 6 heteroatoms. The van der Waals surface area contributed by atoms with Crippen molar-refractivity contribution in [2.45, 2.75) is 39.0 Å². The molecule has 2 amide bonds. The summed E-state index contributed by atoms with van der Waals surface area (Å²) in [6, 6.07) is 3.73. The smallest absolute Gasteiger partial charge is 0.409 e. The number of likely N-dealkylation sites (tertiary alicyclic amines) is 1. The van der Waals surface area contributed by atoms with E-state index >= 15 is 0 Å². The van der Waals surface area contributed by atoms with Crippen molar-refractivity contribution in [2.24, 2.45) is 5.92 Å². The third kappa shape index (κ3) is 6.18. The summed E-state index contributed by atoms with van der Waals surface area (Å²) in [5, 5.41) is 2.99. The van der Waals surface area contributed by atoms with Crippen LogP contribution in [-0.4, -0.2) is 48.1 Å². The molecule has 1 fully saturated rings. The molecule has 132 valence electrons. The summed E-state index contributed by atoms with van der Waals surface area (Å²) >= 11 is 0. The lowest BCUT2D eigenvalue weighted by atomic mass is 9.97. The second-order valence-electron chi connectivity index (χ2n) is 6.24. The molecule has 0 atom stereocenters. The minimum absolute atomic E-state index is 0.0180. The fraction of sp³-hybridized carbons (Fsp3) is 0.611. The van der Waals surface area contributed by atoms with Crippen molar-refractivity contribution in [1.29, 1.82) is 0 Å². The predicted molar refractivity (Wildman–Crippen MR) is 91.5 cm³/mol. The molecule has 1 aliphatic rings. The van der Waals surface area contributed by atoms with E-state index in [0.717, 1.165) is 31.2 Å². The quantitative estimate of drug-likeness (QED) is 0.778. The highest BCUT2D eigenvalue weighted by Gasteiger charge is 2.23. The molecule has 0 aliphatic carbocycles. The molecule has 24 heavy (non-hydrogen) atoms. The van der Waals surface area contributed by atoms with Gasteiger partial charge in [0, 0.05) is 32.0 Å². The van der Waals surface area contributed by atoms with E-state index in [1.807, 2.05) is 12.1 Å². The van der Waals surface area contributed by atoms with E-state index in [-0.39, 0.29) is 12.0 Å². The standard InChI is InChI=1S/C18H27N3O3/c1-2-3-11-24-18(23)21-9-6-15(7-10-21)14-20-17(22)12-16-5-4-8-19-13-16/h4-5,8,13,15H,2-3,6-7,9-12,14H2,1H3,(H,20,22). The predicted octanol–water partition coefficient (Wildman–Crippen LogP) is 2.39. The van der Waals surface area contributed by atoms with Gasteiger partial charge in [-0.15, -0.1) is 0 Å². The van der Waals surface area contributed by atoms with E-state index < -0.39 is 0 Å². The first-order chi connectivity index (χ1) is 11.7. The first-order valence-corrected chi connectivity index (χ1v) is 8.76. The molecule has 0 unspecified atom stereocenters. The molecule has 2 rings (SSSR count). The van der Waals surface area contributed by atoms with Crippen LogP contribution in [0.1, 0.15) is 38.2 Å². The molecule has 1 aromatic rings. The van der Waals surface area contributed by atoms with Crippen LogP contribution in [0.15, 0.2) is 24.5 Å². The fourth-order valence-corrected chi connectivity index (χ4v) is 2.72. The summed E-state index contributed by atoms with van der Waals surface area (Å²) in [5.74, 6) is 0.437. The number of ether oxygens (including phenoxy) is 1. The van der Waals surface area contributed by atoms with E-state index in [2.05, 4.69) is 17.2 Å². The van der Waals surface area contributed by atoms with Gasteiger partial charge in [0.05, 0.1) is 13.0 Å². The van der Waals surface area contributed by atoms with Crippen molar-refractivity contribution in [3.8, 4) is 0 Å². The van der Waals surface area contributed by atoms with Crippen molar-refractivity contribution >= 4 is 12.0 Å². The van der Waals surface area contributed by atoms with Gasteiger partial charge in [-0.2, -0.15) is 0 Å². The molecule has 1 aromatic heterocycles. The van der Waals surface area contributed by atoms with E-state index in [1.54, 1.807) is 17.3 Å². The topological polar surface area (TPSA) is 71.5 Å². The lowest BCUT2D eigenvalue weighted by Crippen LogP contribution is -2.42. The van der Waals surface area contributed by atoms with E-state index in [1.165, 1.54) is 0 Å². The molecule has 6 nitrogen and oxygen atoms in total. The number of pyridine rings is 1. The van der Waals surface area contributed by atoms with E-state index in [9.17, 15) is 9.59 Å². The molecule has 0 spiro atoms. The summed E-state index contributed by atoms with van der Waals surface area (Å²) in [6.07, 6.45) is 7.29. The number of unbranched alkanes of at least 4 members (excludes halogenated alkanes) is 1. The Bertz CT molecular complexity index is 514. The maximum absolute atomic E-state index is 12.0. The van der Waals surface area contributed by atoms with Gasteiger partial charge in [-0.05, 0) is 36.8 Å². The van der Waals surface area contributed by atoms with Gasteiger partial charge in [0.1, 0.15) is 0 Å². The SMILES string of the molecule is CCCCOC(=O)N1CCC(CNC(=O)Cc2cccnc2)CC1. The zero-order valence-electron chi connectivity index (χ0n) is 14.4. The summed E-state index contributed by atoms with van der Waals surface area (Å²) in [5.41, 5.74) is 0.916. The van der Waals surface area contributed by atoms with Crippen LogP contribution >= 0.6 is 0 Å². The Labute approximate surface area is 143 Å². The molecule has 1 saturated heterocycles. The Balaban J connectivity index is 1.62. The van der Waals surface area contributed by atoms with Gasteiger partial charge >= 0.3 is 6.09 Å². The van der Waals surface area contributed by atoms with Gasteiger partial charge in [0.2, 0.25) is 5.91 Å². The third-order valence-corrected chi connectivity index (χ3v) is 4.27. The Morgan fingerprint density at radius 2 is 2.17 bits per heavy atom. The number of hydrogen-bond acceptors (Lipinski definition) is 4. The number of amides is 2. The first kappa shape index (κ1) is 18.2. The van der Waals surface area contributed by atoms with Crippen molar-refractivity contribution in [2.75, 3.05) is 26.2 Å². The molecule has 1 N–H and O–H groups in total. The average molecular weight is 333 g/mol. The minimum Gasteiger partial charge on any atom is -0.449 e. The zero-order valence-corrected chi connectivity index (χ0v) is 14.4. The highest BCUT2D eigenvalue weighted by molar-refractivity contribution is 5.78. The summed E-state index contributed by atoms with van der Waals surface area (Å²) in [4.78, 5) is 29.6. The third-order valence-electron chi connectivity index (χ3n) is 4.27. The summed E-state index contributed by atoms with van der Waals surface area (Å²) in [7, 11) is 0. The lowest BCUT2D eigenvalue weighted by molar-refractivity contribution is -0.120. The van der Waals surface area contributed by atoms with Crippen LogP contribution in [0.2, 0.25) is 0 Å². The fourth-order valence-electron chi connectivity index (χ4n) is 2.72. The van der Waals surface area contributed by atoms with Crippen LogP contribution in [0.4, 0.5) is 4.79 Å². The minimum atomic E-state index is -0.206. The summed E-state index contributed by atoms with van der Waals surface area (Å²) < 4.78 is 5.23. The van der Waals surface area contributed by atoms with E-state index in [0.29, 0.717) is 38.6 Å². The molecule has 0 radical (unpaired) electrons. The number of rotatable bonds is 7. The van der Waals surface area contributed by atoms with Crippen molar-refractivity contribution in [3.05, 3.63) is 30.1 Å². The van der Waals surface area contributed by atoms with Crippen LogP contribution in [0.25, 0.3) is 0 Å². The number of hydrogen-bond donors (Lipinski definition) is 1. The Morgan fingerprint density at radius 3 is 2.83 bits per heavy atom. The van der Waals surface area contributed by atoms with Crippen LogP contribution in [0.3, 0.4) is 0 Å². The lowest BCUT2D eigenvalue weighted by Gasteiger charge is -2.31. The second kappa shape index (κ2) is 9.90. The van der Waals surface area contributed by atoms with E-state index in [4.69, 9.17) is 4.74 Å². The van der Waals surface area contributed by atoms with Gasteiger partial charge in [0.25, 0.3) is 0 Å². The molecule has 2 heterocycles. The van der Waals surface area contributed by atoms with Gasteiger partial charge in [-0.3, -0.25) is 9.78 Å². The Kier molecular flexibility index (Phi) is 7.52. The van der Waals surface area contributed by atoms with Crippen molar-refractivity contribution in [1.82, 2.24) is 15.2 Å². The number of carbonyl (C=O) groups is 2. The average Bonchev–Trinajstić information content (AvgIpc) is 2.61. The van der Waals surface area contributed by atoms with Crippen molar-refractivity contribution < 1.29 is 14.3 Å². The highest BCUT2D eigenvalue weighted by Crippen LogP contribution is 2.17. The maximum atomic E-state index is 12.0. The first-order valence-electron chi connectivity index (χ1n) is 8.76. The molecule has 0 bridgehead atoms. The summed E-state index contributed by atoms with van der Waals surface area (Å²) in [6.45, 7) is 4.64. The van der Waals surface area contributed by atoms with Crippen LogP contribution in [-0.2, 0) is 16.0 Å². The molecule has 1 aliphatic heterocycles. The molecular formula is C18H27N3O3. The van der Waals surface area contributed by atoms with Gasteiger partial charge < -0.3 is 15.0 Å². The van der Waals surface area contributed by atoms with Gasteiger partial charge in [0.15, 0.2) is 0 Å². The second-order valence-corrected chi connectivity index (χ2v) is 6.24. The molecule has 0 saturated carbocycles. The number of carbonyl (C=O) groups excluding carboxylic acids is 2. The zero-order chi connectivity index (χ0) is 17.2. The number of nitrogens with zero attached hydrogens (tertiary/aromatic N) is 2. The Hall–Kier alpha value is -2.11.